The SMILES string of the molecule is COc1cccc(OCC(=O)Nc2cccc(N3CCCS3(=O)=O)c2)c1. The summed E-state index contributed by atoms with van der Waals surface area (Å²) in [6.07, 6.45) is 0.604. The van der Waals surface area contributed by atoms with Crippen molar-refractivity contribution >= 4 is 27.3 Å². The molecule has 2 aromatic carbocycles. The van der Waals surface area contributed by atoms with Gasteiger partial charge in [0.1, 0.15) is 11.5 Å². The first kappa shape index (κ1) is 18.1. The summed E-state index contributed by atoms with van der Waals surface area (Å²) in [6, 6.07) is 13.7. The van der Waals surface area contributed by atoms with Crippen LogP contribution in [0.5, 0.6) is 11.5 Å². The molecule has 3 rings (SSSR count). The van der Waals surface area contributed by atoms with E-state index in [0.29, 0.717) is 35.8 Å². The molecule has 1 aliphatic heterocycles. The Morgan fingerprint density at radius 3 is 2.65 bits per heavy atom. The molecule has 0 aromatic heterocycles. The fraction of sp³-hybridized carbons (Fsp3) is 0.278. The van der Waals surface area contributed by atoms with Gasteiger partial charge in [-0.1, -0.05) is 12.1 Å². The summed E-state index contributed by atoms with van der Waals surface area (Å²) in [5.41, 5.74) is 1.07. The van der Waals surface area contributed by atoms with E-state index >= 15 is 0 Å². The van der Waals surface area contributed by atoms with Crippen LogP contribution in [0, 0.1) is 0 Å². The average Bonchev–Trinajstić information content (AvgIpc) is 2.99. The number of rotatable bonds is 6. The Labute approximate surface area is 152 Å². The molecule has 1 saturated heterocycles. The van der Waals surface area contributed by atoms with Gasteiger partial charge in [-0.25, -0.2) is 8.42 Å². The number of nitrogens with one attached hydrogen (secondary N) is 1. The Kier molecular flexibility index (Phi) is 5.32. The summed E-state index contributed by atoms with van der Waals surface area (Å²) in [7, 11) is -1.70. The predicted molar refractivity (Wildman–Crippen MR) is 99.3 cm³/mol. The van der Waals surface area contributed by atoms with Crippen molar-refractivity contribution in [2.75, 3.05) is 35.6 Å². The summed E-state index contributed by atoms with van der Waals surface area (Å²) in [4.78, 5) is 12.1. The first-order chi connectivity index (χ1) is 12.5. The van der Waals surface area contributed by atoms with Crippen molar-refractivity contribution < 1.29 is 22.7 Å². The van der Waals surface area contributed by atoms with E-state index in [-0.39, 0.29) is 18.3 Å². The van der Waals surface area contributed by atoms with E-state index in [1.807, 2.05) is 0 Å². The van der Waals surface area contributed by atoms with Crippen molar-refractivity contribution in [1.29, 1.82) is 0 Å². The minimum absolute atomic E-state index is 0.151. The number of benzene rings is 2. The van der Waals surface area contributed by atoms with E-state index < -0.39 is 10.0 Å². The first-order valence-corrected chi connectivity index (χ1v) is 9.76. The third kappa shape index (κ3) is 4.26. The van der Waals surface area contributed by atoms with E-state index in [4.69, 9.17) is 9.47 Å². The molecule has 1 amide bonds. The monoisotopic (exact) mass is 376 g/mol. The lowest BCUT2D eigenvalue weighted by molar-refractivity contribution is -0.118. The van der Waals surface area contributed by atoms with Crippen molar-refractivity contribution in [1.82, 2.24) is 0 Å². The van der Waals surface area contributed by atoms with Crippen molar-refractivity contribution in [3.05, 3.63) is 48.5 Å². The molecule has 0 unspecified atom stereocenters. The number of carbonyl (C=O) groups excluding carboxylic acids is 1. The third-order valence-electron chi connectivity index (χ3n) is 3.93. The van der Waals surface area contributed by atoms with E-state index in [1.165, 1.54) is 4.31 Å². The van der Waals surface area contributed by atoms with Gasteiger partial charge in [0.25, 0.3) is 5.91 Å². The second-order valence-electron chi connectivity index (χ2n) is 5.81. The fourth-order valence-electron chi connectivity index (χ4n) is 2.71. The number of carbonyl (C=O) groups is 1. The zero-order valence-electron chi connectivity index (χ0n) is 14.3. The van der Waals surface area contributed by atoms with Gasteiger partial charge < -0.3 is 14.8 Å². The lowest BCUT2D eigenvalue weighted by Crippen LogP contribution is -2.25. The van der Waals surface area contributed by atoms with Crippen LogP contribution < -0.4 is 19.1 Å². The second kappa shape index (κ2) is 7.65. The molecule has 7 nitrogen and oxygen atoms in total. The van der Waals surface area contributed by atoms with Crippen molar-refractivity contribution in [2.24, 2.45) is 0 Å². The van der Waals surface area contributed by atoms with Crippen LogP contribution in [0.15, 0.2) is 48.5 Å². The third-order valence-corrected chi connectivity index (χ3v) is 5.80. The number of amides is 1. The standard InChI is InChI=1S/C18H20N2O5S/c1-24-16-7-3-8-17(12-16)25-13-18(21)19-14-5-2-6-15(11-14)20-9-4-10-26(20,22)23/h2-3,5-8,11-12H,4,9-10,13H2,1H3,(H,19,21). The Morgan fingerprint density at radius 1 is 1.15 bits per heavy atom. The summed E-state index contributed by atoms with van der Waals surface area (Å²) in [6.45, 7) is 0.290. The molecule has 0 aliphatic carbocycles. The average molecular weight is 376 g/mol. The minimum atomic E-state index is -3.25. The minimum Gasteiger partial charge on any atom is -0.497 e. The molecule has 0 bridgehead atoms. The molecule has 0 atom stereocenters. The Bertz CT molecular complexity index is 898. The Hall–Kier alpha value is -2.74. The topological polar surface area (TPSA) is 84.9 Å². The second-order valence-corrected chi connectivity index (χ2v) is 7.82. The molecule has 8 heteroatoms. The highest BCUT2D eigenvalue weighted by Crippen LogP contribution is 2.26. The number of sulfonamides is 1. The maximum Gasteiger partial charge on any atom is 0.262 e. The molecule has 1 aliphatic rings. The number of anilines is 2. The highest BCUT2D eigenvalue weighted by atomic mass is 32.2. The van der Waals surface area contributed by atoms with Crippen LogP contribution in [0.25, 0.3) is 0 Å². The molecule has 0 spiro atoms. The zero-order chi connectivity index (χ0) is 18.6. The van der Waals surface area contributed by atoms with Crippen molar-refractivity contribution in [2.45, 2.75) is 6.42 Å². The normalized spacial score (nSPS) is 15.5. The molecule has 0 radical (unpaired) electrons. The highest BCUT2D eigenvalue weighted by molar-refractivity contribution is 7.93. The summed E-state index contributed by atoms with van der Waals surface area (Å²) >= 11 is 0. The fourth-order valence-corrected chi connectivity index (χ4v) is 4.26. The molecule has 1 heterocycles. The lowest BCUT2D eigenvalue weighted by Gasteiger charge is -2.17. The quantitative estimate of drug-likeness (QED) is 0.836. The van der Waals surface area contributed by atoms with Crippen molar-refractivity contribution in [3.63, 3.8) is 0 Å². The Balaban J connectivity index is 1.62. The van der Waals surface area contributed by atoms with Gasteiger partial charge in [-0.15, -0.1) is 0 Å². The van der Waals surface area contributed by atoms with E-state index in [2.05, 4.69) is 5.32 Å². The van der Waals surface area contributed by atoms with Crippen LogP contribution in [-0.4, -0.2) is 40.3 Å². The van der Waals surface area contributed by atoms with Crippen LogP contribution in [0.2, 0.25) is 0 Å². The van der Waals surface area contributed by atoms with E-state index in [0.717, 1.165) is 0 Å². The predicted octanol–water partition coefficient (Wildman–Crippen LogP) is 2.25. The molecule has 0 saturated carbocycles. The largest absolute Gasteiger partial charge is 0.497 e. The van der Waals surface area contributed by atoms with Crippen LogP contribution in [0.4, 0.5) is 11.4 Å². The number of methoxy groups -OCH3 is 1. The number of hydrogen-bond acceptors (Lipinski definition) is 5. The van der Waals surface area contributed by atoms with Gasteiger partial charge in [0.2, 0.25) is 10.0 Å². The summed E-state index contributed by atoms with van der Waals surface area (Å²) in [5, 5.41) is 2.72. The molecule has 1 fully saturated rings. The number of nitrogens with zero attached hydrogens (tertiary/aromatic N) is 1. The van der Waals surface area contributed by atoms with Gasteiger partial charge in [0, 0.05) is 18.3 Å². The van der Waals surface area contributed by atoms with Gasteiger partial charge in [0.05, 0.1) is 18.6 Å². The maximum absolute atomic E-state index is 12.1. The number of ether oxygens (including phenoxy) is 2. The van der Waals surface area contributed by atoms with Crippen LogP contribution >= 0.6 is 0 Å². The van der Waals surface area contributed by atoms with Gasteiger partial charge in [-0.2, -0.15) is 0 Å². The van der Waals surface area contributed by atoms with Crippen molar-refractivity contribution in [3.8, 4) is 11.5 Å². The van der Waals surface area contributed by atoms with Crippen LogP contribution in [0.3, 0.4) is 0 Å². The first-order valence-electron chi connectivity index (χ1n) is 8.15. The highest BCUT2D eigenvalue weighted by Gasteiger charge is 2.28. The molecular formula is C18H20N2O5S. The molecule has 2 aromatic rings. The van der Waals surface area contributed by atoms with Crippen LogP contribution in [0.1, 0.15) is 6.42 Å². The van der Waals surface area contributed by atoms with Crippen LogP contribution in [-0.2, 0) is 14.8 Å². The molecule has 138 valence electrons. The maximum atomic E-state index is 12.1. The van der Waals surface area contributed by atoms with E-state index in [1.54, 1.807) is 55.6 Å². The lowest BCUT2D eigenvalue weighted by atomic mass is 10.2. The van der Waals surface area contributed by atoms with Gasteiger partial charge in [-0.05, 0) is 36.8 Å². The smallest absolute Gasteiger partial charge is 0.262 e. The van der Waals surface area contributed by atoms with Gasteiger partial charge >= 0.3 is 0 Å². The van der Waals surface area contributed by atoms with Gasteiger partial charge in [0.15, 0.2) is 6.61 Å². The summed E-state index contributed by atoms with van der Waals surface area (Å²) in [5.74, 6) is 0.978. The van der Waals surface area contributed by atoms with Gasteiger partial charge in [-0.3, -0.25) is 9.10 Å². The van der Waals surface area contributed by atoms with E-state index in [9.17, 15) is 13.2 Å². The molecule has 1 N–H and O–H groups in total. The summed E-state index contributed by atoms with van der Waals surface area (Å²) < 4.78 is 36.0. The zero-order valence-corrected chi connectivity index (χ0v) is 15.2. The Morgan fingerprint density at radius 2 is 1.92 bits per heavy atom. The number of hydrogen-bond donors (Lipinski definition) is 1. The molecule has 26 heavy (non-hydrogen) atoms. The molecular weight excluding hydrogens is 356 g/mol.